The molecule has 1 aliphatic carbocycles. The lowest BCUT2D eigenvalue weighted by atomic mass is 9.75. The summed E-state index contributed by atoms with van der Waals surface area (Å²) in [7, 11) is 2.82. The molecule has 0 saturated carbocycles. The van der Waals surface area contributed by atoms with Gasteiger partial charge in [0.25, 0.3) is 0 Å². The third kappa shape index (κ3) is 3.41. The predicted molar refractivity (Wildman–Crippen MR) is 123 cm³/mol. The zero-order valence-electron chi connectivity index (χ0n) is 18.0. The number of fused-ring (bicyclic) bond motifs is 2. The highest BCUT2D eigenvalue weighted by Gasteiger charge is 2.46. The number of hydrogen-bond donors (Lipinski definition) is 0. The van der Waals surface area contributed by atoms with Gasteiger partial charge in [-0.15, -0.1) is 0 Å². The summed E-state index contributed by atoms with van der Waals surface area (Å²) in [6.45, 7) is 5.66. The van der Waals surface area contributed by atoms with Crippen LogP contribution in [0.5, 0.6) is 11.5 Å². The lowest BCUT2D eigenvalue weighted by Crippen LogP contribution is -2.34. The van der Waals surface area contributed by atoms with Gasteiger partial charge < -0.3 is 14.2 Å². The number of esters is 1. The molecular weight excluding hydrogens is 430 g/mol. The van der Waals surface area contributed by atoms with Crippen molar-refractivity contribution in [2.45, 2.75) is 12.8 Å². The smallest absolute Gasteiger partial charge is 0.315 e. The van der Waals surface area contributed by atoms with Gasteiger partial charge in [0.1, 0.15) is 12.5 Å². The molecule has 0 N–H and O–H groups in total. The Morgan fingerprint density at radius 1 is 1.22 bits per heavy atom. The van der Waals surface area contributed by atoms with E-state index in [0.717, 1.165) is 5.56 Å². The van der Waals surface area contributed by atoms with Gasteiger partial charge in [0.2, 0.25) is 0 Å². The molecule has 0 saturated heterocycles. The van der Waals surface area contributed by atoms with Crippen LogP contribution < -0.4 is 9.47 Å². The van der Waals surface area contributed by atoms with Crippen molar-refractivity contribution in [2.75, 3.05) is 20.8 Å². The molecule has 1 unspecified atom stereocenters. The van der Waals surface area contributed by atoms with Gasteiger partial charge in [0.05, 0.1) is 24.9 Å². The van der Waals surface area contributed by atoms with Gasteiger partial charge in [-0.3, -0.25) is 14.6 Å². The second kappa shape index (κ2) is 8.63. The quantitative estimate of drug-likeness (QED) is 0.462. The van der Waals surface area contributed by atoms with E-state index < -0.39 is 17.8 Å². The van der Waals surface area contributed by atoms with Crippen LogP contribution in [0.25, 0.3) is 5.70 Å². The maximum Gasteiger partial charge on any atom is 0.315 e. The number of methoxy groups -OCH3 is 2. The number of Topliss-reactive ketones (excluding diaryl/α,β-unsaturated/α-hetero) is 1. The van der Waals surface area contributed by atoms with Crippen LogP contribution in [-0.4, -0.2) is 38.3 Å². The Bertz CT molecular complexity index is 1200. The van der Waals surface area contributed by atoms with Crippen molar-refractivity contribution in [2.24, 2.45) is 10.9 Å². The monoisotopic (exact) mass is 451 g/mol. The second-order valence-corrected chi connectivity index (χ2v) is 7.91. The first-order chi connectivity index (χ1) is 15.4. The minimum absolute atomic E-state index is 0.159. The summed E-state index contributed by atoms with van der Waals surface area (Å²) < 4.78 is 16.3. The molecule has 0 bridgehead atoms. The fourth-order valence-electron chi connectivity index (χ4n) is 4.34. The number of carbonyl (C=O) groups excluding carboxylic acids is 2. The Hall–Kier alpha value is -3.38. The molecule has 2 atom stereocenters. The fourth-order valence-corrected chi connectivity index (χ4v) is 4.62. The van der Waals surface area contributed by atoms with Crippen molar-refractivity contribution in [1.82, 2.24) is 0 Å². The van der Waals surface area contributed by atoms with Gasteiger partial charge in [-0.25, -0.2) is 0 Å². The number of aliphatic imine (C=N–C) groups is 1. The summed E-state index contributed by atoms with van der Waals surface area (Å²) in [5, 5.41) is 0.301. The Morgan fingerprint density at radius 3 is 2.59 bits per heavy atom. The normalized spacial score (nSPS) is 19.1. The van der Waals surface area contributed by atoms with E-state index in [1.165, 1.54) is 14.2 Å². The second-order valence-electron chi connectivity index (χ2n) is 7.50. The van der Waals surface area contributed by atoms with E-state index in [0.29, 0.717) is 44.6 Å². The lowest BCUT2D eigenvalue weighted by molar-refractivity contribution is -0.143. The molecule has 4 rings (SSSR count). The third-order valence-electron chi connectivity index (χ3n) is 5.72. The number of benzene rings is 2. The first-order valence-corrected chi connectivity index (χ1v) is 10.4. The summed E-state index contributed by atoms with van der Waals surface area (Å²) in [5.74, 6) is -1.30. The third-order valence-corrected chi connectivity index (χ3v) is 6.00. The van der Waals surface area contributed by atoms with Gasteiger partial charge in [-0.05, 0) is 24.6 Å². The molecule has 0 fully saturated rings. The molecule has 1 heterocycles. The number of hydrogen-bond acceptors (Lipinski definition) is 6. The Balaban J connectivity index is 1.93. The standard InChI is InChI=1S/C25H22ClNO5/c1-5-10-32-24-17(26)11-14(12-18(24)30-3)20-19(25(29)31-4)13(2)27-22-15-8-6-7-9-16(15)23(28)21(20)22/h5-9,11-12,19-20H,1,10H2,2-4H3/t19?,20-/m1/s1. The van der Waals surface area contributed by atoms with Crippen LogP contribution in [0.2, 0.25) is 5.02 Å². The summed E-state index contributed by atoms with van der Waals surface area (Å²) in [5.41, 5.74) is 3.54. The first-order valence-electron chi connectivity index (χ1n) is 10.0. The summed E-state index contributed by atoms with van der Waals surface area (Å²) in [6, 6.07) is 10.7. The molecule has 0 amide bonds. The number of rotatable bonds is 6. The maximum absolute atomic E-state index is 13.4. The van der Waals surface area contributed by atoms with Gasteiger partial charge >= 0.3 is 5.97 Å². The van der Waals surface area contributed by atoms with E-state index >= 15 is 0 Å². The topological polar surface area (TPSA) is 74.2 Å². The van der Waals surface area contributed by atoms with Crippen LogP contribution >= 0.6 is 11.6 Å². The Morgan fingerprint density at radius 2 is 1.94 bits per heavy atom. The van der Waals surface area contributed by atoms with Crippen LogP contribution in [0.3, 0.4) is 0 Å². The summed E-state index contributed by atoms with van der Waals surface area (Å²) >= 11 is 6.55. The molecule has 2 aromatic rings. The van der Waals surface area contributed by atoms with E-state index in [2.05, 4.69) is 11.6 Å². The maximum atomic E-state index is 13.4. The largest absolute Gasteiger partial charge is 0.493 e. The summed E-state index contributed by atoms with van der Waals surface area (Å²) in [4.78, 5) is 30.9. The van der Waals surface area contributed by atoms with E-state index in [-0.39, 0.29) is 12.4 Å². The number of halogens is 1. The van der Waals surface area contributed by atoms with Gasteiger partial charge in [0.15, 0.2) is 17.3 Å². The van der Waals surface area contributed by atoms with E-state index in [9.17, 15) is 9.59 Å². The molecule has 7 heteroatoms. The predicted octanol–water partition coefficient (Wildman–Crippen LogP) is 4.87. The average Bonchev–Trinajstić information content (AvgIpc) is 3.08. The number of nitrogens with zero attached hydrogens (tertiary/aromatic N) is 1. The highest BCUT2D eigenvalue weighted by Crippen LogP contribution is 2.50. The zero-order chi connectivity index (χ0) is 23.0. The molecule has 1 aliphatic heterocycles. The molecule has 32 heavy (non-hydrogen) atoms. The highest BCUT2D eigenvalue weighted by atomic mass is 35.5. The van der Waals surface area contributed by atoms with Gasteiger partial charge in [-0.2, -0.15) is 0 Å². The average molecular weight is 452 g/mol. The van der Waals surface area contributed by atoms with Crippen LogP contribution in [0.15, 0.2) is 59.6 Å². The van der Waals surface area contributed by atoms with Crippen LogP contribution in [0.4, 0.5) is 0 Å². The van der Waals surface area contributed by atoms with Crippen molar-refractivity contribution in [3.63, 3.8) is 0 Å². The first kappa shape index (κ1) is 21.8. The number of allylic oxidation sites excluding steroid dienone is 1. The van der Waals surface area contributed by atoms with E-state index in [1.807, 2.05) is 18.2 Å². The van der Waals surface area contributed by atoms with Crippen molar-refractivity contribution < 1.29 is 23.8 Å². The van der Waals surface area contributed by atoms with Crippen molar-refractivity contribution in [1.29, 1.82) is 0 Å². The van der Waals surface area contributed by atoms with E-state index in [1.54, 1.807) is 31.2 Å². The fraction of sp³-hybridized carbons (Fsp3) is 0.240. The van der Waals surface area contributed by atoms with Gasteiger partial charge in [0, 0.05) is 28.3 Å². The SMILES string of the molecule is C=CCOc1c(Cl)cc([C@H]2C3=C(N=C(C)C2C(=O)OC)c2ccccc2C3=O)cc1OC. The number of carbonyl (C=O) groups is 2. The Labute approximate surface area is 191 Å². The number of ether oxygens (including phenoxy) is 3. The molecular formula is C25H22ClNO5. The van der Waals surface area contributed by atoms with Crippen molar-refractivity contribution in [3.05, 3.63) is 76.3 Å². The molecule has 164 valence electrons. The lowest BCUT2D eigenvalue weighted by Gasteiger charge is -2.30. The minimum atomic E-state index is -0.780. The number of ketones is 1. The van der Waals surface area contributed by atoms with E-state index in [4.69, 9.17) is 25.8 Å². The van der Waals surface area contributed by atoms with Gasteiger partial charge in [-0.1, -0.05) is 48.5 Å². The highest BCUT2D eigenvalue weighted by molar-refractivity contribution is 6.32. The molecule has 2 aliphatic rings. The van der Waals surface area contributed by atoms with Crippen LogP contribution in [0, 0.1) is 5.92 Å². The molecule has 6 nitrogen and oxygen atoms in total. The molecule has 2 aromatic carbocycles. The van der Waals surface area contributed by atoms with Crippen molar-refractivity contribution >= 4 is 34.8 Å². The van der Waals surface area contributed by atoms with Crippen molar-refractivity contribution in [3.8, 4) is 11.5 Å². The van der Waals surface area contributed by atoms with Crippen LogP contribution in [0.1, 0.15) is 34.3 Å². The molecule has 0 aromatic heterocycles. The Kier molecular flexibility index (Phi) is 5.89. The minimum Gasteiger partial charge on any atom is -0.493 e. The summed E-state index contributed by atoms with van der Waals surface area (Å²) in [6.07, 6.45) is 1.60. The zero-order valence-corrected chi connectivity index (χ0v) is 18.7. The van der Waals surface area contributed by atoms with Crippen LogP contribution in [-0.2, 0) is 9.53 Å². The molecule has 0 radical (unpaired) electrons. The molecule has 0 spiro atoms.